The maximum Gasteiger partial charge on any atom is 0.146 e. The average molecular weight is 307 g/mol. The average Bonchev–Trinajstić information content (AvgIpc) is 2.99. The van der Waals surface area contributed by atoms with Gasteiger partial charge in [-0.25, -0.2) is 0 Å². The van der Waals surface area contributed by atoms with Gasteiger partial charge < -0.3 is 14.0 Å². The van der Waals surface area contributed by atoms with Crippen molar-refractivity contribution in [2.45, 2.75) is 20.5 Å². The molecule has 23 heavy (non-hydrogen) atoms. The topological polar surface area (TPSA) is 23.4 Å². The minimum atomic E-state index is 0.547. The van der Waals surface area contributed by atoms with Crippen molar-refractivity contribution < 1.29 is 9.47 Å². The molecule has 1 aromatic heterocycles. The molecule has 0 saturated carbocycles. The third-order valence-electron chi connectivity index (χ3n) is 3.81. The van der Waals surface area contributed by atoms with Crippen LogP contribution in [0.2, 0.25) is 0 Å². The predicted octanol–water partition coefficient (Wildman–Crippen LogP) is 4.68. The lowest BCUT2D eigenvalue weighted by Gasteiger charge is -2.15. The number of ether oxygens (including phenoxy) is 2. The van der Waals surface area contributed by atoms with Gasteiger partial charge >= 0.3 is 0 Å². The van der Waals surface area contributed by atoms with Crippen LogP contribution in [-0.4, -0.2) is 11.7 Å². The van der Waals surface area contributed by atoms with Crippen LogP contribution in [0.15, 0.2) is 60.9 Å². The van der Waals surface area contributed by atoms with Gasteiger partial charge in [0.2, 0.25) is 0 Å². The van der Waals surface area contributed by atoms with E-state index < -0.39 is 0 Å². The highest BCUT2D eigenvalue weighted by atomic mass is 16.5. The van der Waals surface area contributed by atoms with Gasteiger partial charge in [-0.3, -0.25) is 0 Å². The SMILES string of the molecule is COc1cc(OCc2ccccc2)cc(C)c1-n1ccc(C)c1. The Balaban J connectivity index is 1.88. The van der Waals surface area contributed by atoms with Gasteiger partial charge in [-0.15, -0.1) is 0 Å². The lowest BCUT2D eigenvalue weighted by molar-refractivity contribution is 0.303. The van der Waals surface area contributed by atoms with Gasteiger partial charge in [-0.05, 0) is 42.7 Å². The lowest BCUT2D eigenvalue weighted by Crippen LogP contribution is -2.01. The van der Waals surface area contributed by atoms with Crippen molar-refractivity contribution in [2.75, 3.05) is 7.11 Å². The number of aryl methyl sites for hydroxylation is 2. The number of methoxy groups -OCH3 is 1. The first-order valence-electron chi connectivity index (χ1n) is 7.67. The Labute approximate surface area is 137 Å². The molecule has 0 radical (unpaired) electrons. The van der Waals surface area contributed by atoms with Gasteiger partial charge in [0.25, 0.3) is 0 Å². The van der Waals surface area contributed by atoms with Crippen molar-refractivity contribution in [1.82, 2.24) is 4.57 Å². The van der Waals surface area contributed by atoms with Crippen LogP contribution in [0.5, 0.6) is 11.5 Å². The van der Waals surface area contributed by atoms with Crippen LogP contribution in [0, 0.1) is 13.8 Å². The molecular formula is C20H21NO2. The number of benzene rings is 2. The third-order valence-corrected chi connectivity index (χ3v) is 3.81. The standard InChI is InChI=1S/C20H21NO2/c1-15-9-10-21(13-15)20-16(2)11-18(12-19(20)22-3)23-14-17-7-5-4-6-8-17/h4-13H,14H2,1-3H3. The number of hydrogen-bond acceptors (Lipinski definition) is 2. The molecule has 0 bridgehead atoms. The Morgan fingerprint density at radius 2 is 1.78 bits per heavy atom. The monoisotopic (exact) mass is 307 g/mol. The minimum Gasteiger partial charge on any atom is -0.494 e. The zero-order valence-electron chi connectivity index (χ0n) is 13.7. The molecule has 0 fully saturated rings. The van der Waals surface area contributed by atoms with Crippen LogP contribution in [0.25, 0.3) is 5.69 Å². The molecule has 0 saturated heterocycles. The molecule has 0 unspecified atom stereocenters. The van der Waals surface area contributed by atoms with Crippen molar-refractivity contribution in [3.63, 3.8) is 0 Å². The Kier molecular flexibility index (Phi) is 4.38. The Morgan fingerprint density at radius 1 is 1.00 bits per heavy atom. The third kappa shape index (κ3) is 3.39. The van der Waals surface area contributed by atoms with E-state index in [-0.39, 0.29) is 0 Å². The van der Waals surface area contributed by atoms with Gasteiger partial charge in [0.15, 0.2) is 0 Å². The van der Waals surface area contributed by atoms with Crippen molar-refractivity contribution in [2.24, 2.45) is 0 Å². The first-order valence-corrected chi connectivity index (χ1v) is 7.67. The maximum absolute atomic E-state index is 5.92. The summed E-state index contributed by atoms with van der Waals surface area (Å²) < 4.78 is 13.6. The van der Waals surface area contributed by atoms with Crippen molar-refractivity contribution in [3.05, 3.63) is 77.6 Å². The Bertz CT molecular complexity index is 791. The van der Waals surface area contributed by atoms with Crippen LogP contribution >= 0.6 is 0 Å². The molecule has 0 spiro atoms. The second-order valence-corrected chi connectivity index (χ2v) is 5.66. The van der Waals surface area contributed by atoms with Crippen LogP contribution in [0.3, 0.4) is 0 Å². The van der Waals surface area contributed by atoms with Crippen LogP contribution in [-0.2, 0) is 6.61 Å². The van der Waals surface area contributed by atoms with E-state index in [1.807, 2.05) is 30.5 Å². The second kappa shape index (κ2) is 6.61. The molecule has 2 aromatic carbocycles. The first kappa shape index (κ1) is 15.2. The summed E-state index contributed by atoms with van der Waals surface area (Å²) in [5, 5.41) is 0. The van der Waals surface area contributed by atoms with Gasteiger partial charge in [0.05, 0.1) is 12.8 Å². The fourth-order valence-corrected chi connectivity index (χ4v) is 2.67. The van der Waals surface area contributed by atoms with Crippen molar-refractivity contribution >= 4 is 0 Å². The van der Waals surface area contributed by atoms with E-state index in [2.05, 4.69) is 48.9 Å². The van der Waals surface area contributed by atoms with Gasteiger partial charge in [-0.2, -0.15) is 0 Å². The van der Waals surface area contributed by atoms with Gasteiger partial charge in [0, 0.05) is 18.5 Å². The predicted molar refractivity (Wildman–Crippen MR) is 92.6 cm³/mol. The summed E-state index contributed by atoms with van der Waals surface area (Å²) in [6, 6.07) is 16.2. The summed E-state index contributed by atoms with van der Waals surface area (Å²) >= 11 is 0. The fraction of sp³-hybridized carbons (Fsp3) is 0.200. The van der Waals surface area contributed by atoms with Crippen LogP contribution < -0.4 is 9.47 Å². The number of rotatable bonds is 5. The molecule has 0 N–H and O–H groups in total. The smallest absolute Gasteiger partial charge is 0.146 e. The fourth-order valence-electron chi connectivity index (χ4n) is 2.67. The van der Waals surface area contributed by atoms with E-state index >= 15 is 0 Å². The summed E-state index contributed by atoms with van der Waals surface area (Å²) in [6.07, 6.45) is 4.14. The van der Waals surface area contributed by atoms with E-state index in [4.69, 9.17) is 9.47 Å². The summed E-state index contributed by atoms with van der Waals surface area (Å²) in [5.41, 5.74) is 4.53. The van der Waals surface area contributed by atoms with Gasteiger partial charge in [0.1, 0.15) is 18.1 Å². The largest absolute Gasteiger partial charge is 0.494 e. The molecule has 1 heterocycles. The van der Waals surface area contributed by atoms with E-state index in [0.717, 1.165) is 28.3 Å². The summed E-state index contributed by atoms with van der Waals surface area (Å²) in [5.74, 6) is 1.62. The molecule has 3 rings (SSSR count). The number of nitrogens with zero attached hydrogens (tertiary/aromatic N) is 1. The molecule has 0 atom stereocenters. The van der Waals surface area contributed by atoms with Crippen LogP contribution in [0.4, 0.5) is 0 Å². The minimum absolute atomic E-state index is 0.547. The second-order valence-electron chi connectivity index (χ2n) is 5.66. The van der Waals surface area contributed by atoms with E-state index in [1.165, 1.54) is 5.56 Å². The Morgan fingerprint density at radius 3 is 2.43 bits per heavy atom. The quantitative estimate of drug-likeness (QED) is 0.683. The van der Waals surface area contributed by atoms with Crippen molar-refractivity contribution in [3.8, 4) is 17.2 Å². The highest BCUT2D eigenvalue weighted by Gasteiger charge is 2.12. The Hall–Kier alpha value is -2.68. The highest BCUT2D eigenvalue weighted by molar-refractivity contribution is 5.57. The van der Waals surface area contributed by atoms with E-state index in [0.29, 0.717) is 6.61 Å². The molecular weight excluding hydrogens is 286 g/mol. The lowest BCUT2D eigenvalue weighted by atomic mass is 10.1. The van der Waals surface area contributed by atoms with Crippen molar-refractivity contribution in [1.29, 1.82) is 0 Å². The summed E-state index contributed by atoms with van der Waals surface area (Å²) in [7, 11) is 1.69. The van der Waals surface area contributed by atoms with Crippen LogP contribution in [0.1, 0.15) is 16.7 Å². The molecule has 0 aliphatic carbocycles. The molecule has 0 amide bonds. The molecule has 3 heteroatoms. The normalized spacial score (nSPS) is 10.6. The summed E-state index contributed by atoms with van der Waals surface area (Å²) in [6.45, 7) is 4.70. The van der Waals surface area contributed by atoms with E-state index in [9.17, 15) is 0 Å². The van der Waals surface area contributed by atoms with Gasteiger partial charge in [-0.1, -0.05) is 30.3 Å². The highest BCUT2D eigenvalue weighted by Crippen LogP contribution is 2.32. The molecule has 118 valence electrons. The molecule has 0 aliphatic rings. The molecule has 3 nitrogen and oxygen atoms in total. The maximum atomic E-state index is 5.92. The first-order chi connectivity index (χ1) is 11.2. The number of aromatic nitrogens is 1. The molecule has 0 aliphatic heterocycles. The summed E-state index contributed by atoms with van der Waals surface area (Å²) in [4.78, 5) is 0. The van der Waals surface area contributed by atoms with E-state index in [1.54, 1.807) is 7.11 Å². The number of hydrogen-bond donors (Lipinski definition) is 0. The zero-order chi connectivity index (χ0) is 16.2. The zero-order valence-corrected chi connectivity index (χ0v) is 13.7. The molecule has 3 aromatic rings.